The van der Waals surface area contributed by atoms with Crippen LogP contribution in [0.15, 0.2) is 12.5 Å². The van der Waals surface area contributed by atoms with Gasteiger partial charge in [0.25, 0.3) is 0 Å². The minimum Gasteiger partial charge on any atom is -0.348 e. The molecule has 4 heteroatoms. The maximum Gasteiger partial charge on any atom is 0.0921 e. The number of aromatic amines is 1. The molecule has 0 bridgehead atoms. The van der Waals surface area contributed by atoms with Gasteiger partial charge in [-0.3, -0.25) is 0 Å². The largest absolute Gasteiger partial charge is 0.348 e. The zero-order valence-corrected chi connectivity index (χ0v) is 6.52. The number of imidazole rings is 1. The molecule has 0 aliphatic rings. The summed E-state index contributed by atoms with van der Waals surface area (Å²) >= 11 is 5.38. The first kappa shape index (κ1) is 7.57. The number of aromatic nitrogens is 2. The zero-order valence-electron chi connectivity index (χ0n) is 5.76. The Morgan fingerprint density at radius 2 is 2.70 bits per heavy atom. The first-order valence-corrected chi connectivity index (χ1v) is 3.54. The van der Waals surface area contributed by atoms with E-state index in [4.69, 9.17) is 11.8 Å². The molecule has 0 saturated carbocycles. The van der Waals surface area contributed by atoms with Crippen LogP contribution in [-0.2, 0) is 6.42 Å². The molecule has 3 nitrogen and oxygen atoms in total. The zero-order chi connectivity index (χ0) is 7.40. The van der Waals surface area contributed by atoms with Crippen molar-refractivity contribution in [3.05, 3.63) is 18.2 Å². The van der Waals surface area contributed by atoms with Gasteiger partial charge in [-0.2, -0.15) is 0 Å². The molecular formula is C6H10ClN3. The van der Waals surface area contributed by atoms with E-state index in [1.54, 1.807) is 12.5 Å². The fraction of sp³-hybridized carbons (Fsp3) is 0.500. The maximum atomic E-state index is 5.38. The van der Waals surface area contributed by atoms with Gasteiger partial charge in [0.05, 0.1) is 6.33 Å². The Balaban J connectivity index is 2.40. The topological polar surface area (TPSA) is 40.7 Å². The fourth-order valence-electron chi connectivity index (χ4n) is 0.765. The van der Waals surface area contributed by atoms with E-state index in [-0.39, 0.29) is 6.04 Å². The third kappa shape index (κ3) is 2.01. The Kier molecular flexibility index (Phi) is 2.71. The molecule has 1 aromatic heterocycles. The van der Waals surface area contributed by atoms with Crippen molar-refractivity contribution in [2.75, 3.05) is 0 Å². The van der Waals surface area contributed by atoms with Crippen LogP contribution in [0, 0.1) is 0 Å². The average molecular weight is 160 g/mol. The van der Waals surface area contributed by atoms with Crippen molar-refractivity contribution in [1.82, 2.24) is 14.8 Å². The van der Waals surface area contributed by atoms with Crippen LogP contribution < -0.4 is 4.84 Å². The van der Waals surface area contributed by atoms with E-state index >= 15 is 0 Å². The number of nitrogens with one attached hydrogen (secondary N) is 2. The summed E-state index contributed by atoms with van der Waals surface area (Å²) in [6.45, 7) is 2.01. The first-order chi connectivity index (χ1) is 4.83. The van der Waals surface area contributed by atoms with E-state index in [9.17, 15) is 0 Å². The van der Waals surface area contributed by atoms with Crippen LogP contribution in [0.5, 0.6) is 0 Å². The van der Waals surface area contributed by atoms with Crippen molar-refractivity contribution >= 4 is 11.8 Å². The highest BCUT2D eigenvalue weighted by Crippen LogP contribution is 1.97. The fourth-order valence-corrected chi connectivity index (χ4v) is 0.842. The second kappa shape index (κ2) is 3.58. The molecule has 2 N–H and O–H groups in total. The van der Waals surface area contributed by atoms with Gasteiger partial charge in [0.1, 0.15) is 0 Å². The number of halogens is 1. The number of H-pyrrole nitrogens is 1. The van der Waals surface area contributed by atoms with Crippen molar-refractivity contribution in [3.63, 3.8) is 0 Å². The van der Waals surface area contributed by atoms with E-state index in [0.29, 0.717) is 0 Å². The molecule has 56 valence electrons. The summed E-state index contributed by atoms with van der Waals surface area (Å²) in [4.78, 5) is 9.50. The quantitative estimate of drug-likeness (QED) is 0.649. The van der Waals surface area contributed by atoms with Crippen molar-refractivity contribution in [2.45, 2.75) is 19.4 Å². The molecule has 0 radical (unpaired) electrons. The van der Waals surface area contributed by atoms with Crippen LogP contribution in [0.3, 0.4) is 0 Å². The lowest BCUT2D eigenvalue weighted by atomic mass is 10.2. The van der Waals surface area contributed by atoms with Crippen molar-refractivity contribution < 1.29 is 0 Å². The smallest absolute Gasteiger partial charge is 0.0921 e. The van der Waals surface area contributed by atoms with Gasteiger partial charge in [0.15, 0.2) is 0 Å². The third-order valence-electron chi connectivity index (χ3n) is 1.27. The highest BCUT2D eigenvalue weighted by molar-refractivity contribution is 6.13. The van der Waals surface area contributed by atoms with Gasteiger partial charge in [-0.1, -0.05) is 0 Å². The summed E-state index contributed by atoms with van der Waals surface area (Å²) in [6.07, 6.45) is 4.34. The summed E-state index contributed by atoms with van der Waals surface area (Å²) in [5.41, 5.74) is 1.10. The van der Waals surface area contributed by atoms with E-state index in [1.165, 1.54) is 0 Å². The van der Waals surface area contributed by atoms with E-state index in [0.717, 1.165) is 12.1 Å². The van der Waals surface area contributed by atoms with E-state index in [1.807, 2.05) is 6.92 Å². The van der Waals surface area contributed by atoms with Crippen LogP contribution in [0.1, 0.15) is 12.6 Å². The van der Waals surface area contributed by atoms with Crippen molar-refractivity contribution in [1.29, 1.82) is 0 Å². The molecule has 0 fully saturated rings. The maximum absolute atomic E-state index is 5.38. The van der Waals surface area contributed by atoms with Gasteiger partial charge in [-0.25, -0.2) is 9.82 Å². The van der Waals surface area contributed by atoms with E-state index in [2.05, 4.69) is 14.8 Å². The second-order valence-corrected chi connectivity index (χ2v) is 2.51. The van der Waals surface area contributed by atoms with Gasteiger partial charge >= 0.3 is 0 Å². The predicted octanol–water partition coefficient (Wildman–Crippen LogP) is 1.08. The Morgan fingerprint density at radius 1 is 1.90 bits per heavy atom. The Morgan fingerprint density at radius 3 is 3.20 bits per heavy atom. The average Bonchev–Trinajstić information content (AvgIpc) is 2.40. The molecule has 0 saturated heterocycles. The molecular weight excluding hydrogens is 150 g/mol. The van der Waals surface area contributed by atoms with Crippen LogP contribution in [0.25, 0.3) is 0 Å². The van der Waals surface area contributed by atoms with Crippen LogP contribution in [0.2, 0.25) is 0 Å². The molecule has 0 spiro atoms. The Bertz CT molecular complexity index is 173. The standard InChI is InChI=1S/C6H10ClN3/c1-5(10-7)2-6-3-8-4-9-6/h3-5,10H,2H2,1H3,(H,8,9)/t5-/m1/s1. The normalized spacial score (nSPS) is 13.4. The molecule has 0 aromatic carbocycles. The van der Waals surface area contributed by atoms with Crippen LogP contribution in [-0.4, -0.2) is 16.0 Å². The molecule has 1 atom stereocenters. The molecule has 0 amide bonds. The molecule has 0 unspecified atom stereocenters. The van der Waals surface area contributed by atoms with Gasteiger partial charge in [0, 0.05) is 24.4 Å². The molecule has 0 aliphatic heterocycles. The summed E-state index contributed by atoms with van der Waals surface area (Å²) in [7, 11) is 0. The lowest BCUT2D eigenvalue weighted by Gasteiger charge is -2.04. The first-order valence-electron chi connectivity index (χ1n) is 3.16. The second-order valence-electron chi connectivity index (χ2n) is 2.29. The lowest BCUT2D eigenvalue weighted by Crippen LogP contribution is -2.18. The van der Waals surface area contributed by atoms with Gasteiger partial charge in [-0.15, -0.1) is 0 Å². The predicted molar refractivity (Wildman–Crippen MR) is 40.7 cm³/mol. The number of nitrogens with zero attached hydrogens (tertiary/aromatic N) is 1. The Labute approximate surface area is 64.9 Å². The van der Waals surface area contributed by atoms with Crippen molar-refractivity contribution in [2.24, 2.45) is 0 Å². The molecule has 1 rings (SSSR count). The van der Waals surface area contributed by atoms with Crippen molar-refractivity contribution in [3.8, 4) is 0 Å². The summed E-state index contributed by atoms with van der Waals surface area (Å²) in [6, 6.07) is 0.280. The number of rotatable bonds is 3. The molecule has 1 aromatic rings. The summed E-state index contributed by atoms with van der Waals surface area (Å²) < 4.78 is 0. The third-order valence-corrected chi connectivity index (χ3v) is 1.64. The van der Waals surface area contributed by atoms with E-state index < -0.39 is 0 Å². The number of hydrogen-bond donors (Lipinski definition) is 2. The summed E-state index contributed by atoms with van der Waals surface area (Å²) in [5, 5.41) is 0. The van der Waals surface area contributed by atoms with Crippen LogP contribution in [0.4, 0.5) is 0 Å². The van der Waals surface area contributed by atoms with Gasteiger partial charge in [0.2, 0.25) is 0 Å². The monoisotopic (exact) mass is 159 g/mol. The lowest BCUT2D eigenvalue weighted by molar-refractivity contribution is 0.672. The van der Waals surface area contributed by atoms with Crippen LogP contribution >= 0.6 is 11.8 Å². The minimum absolute atomic E-state index is 0.280. The SMILES string of the molecule is C[C@H](Cc1cnc[nH]1)NCl. The number of hydrogen-bond acceptors (Lipinski definition) is 2. The minimum atomic E-state index is 0.280. The molecule has 1 heterocycles. The highest BCUT2D eigenvalue weighted by Gasteiger charge is 2.00. The summed E-state index contributed by atoms with van der Waals surface area (Å²) in [5.74, 6) is 0. The van der Waals surface area contributed by atoms with Gasteiger partial charge < -0.3 is 4.98 Å². The van der Waals surface area contributed by atoms with Gasteiger partial charge in [-0.05, 0) is 18.7 Å². The molecule has 10 heavy (non-hydrogen) atoms. The molecule has 0 aliphatic carbocycles. The Hall–Kier alpha value is -0.540. The highest BCUT2D eigenvalue weighted by atomic mass is 35.5.